The van der Waals surface area contributed by atoms with Crippen LogP contribution in [-0.2, 0) is 0 Å². The molecule has 0 fully saturated rings. The average molecular weight is 291 g/mol. The zero-order chi connectivity index (χ0) is 15.4. The van der Waals surface area contributed by atoms with Crippen LogP contribution in [0.4, 0.5) is 8.78 Å². The van der Waals surface area contributed by atoms with Crippen molar-refractivity contribution in [3.8, 4) is 5.75 Å². The maximum atomic E-state index is 14.4. The van der Waals surface area contributed by atoms with E-state index in [4.69, 9.17) is 4.74 Å². The molecule has 0 aliphatic heterocycles. The van der Waals surface area contributed by atoms with Gasteiger partial charge in [-0.15, -0.1) is 0 Å². The van der Waals surface area contributed by atoms with Gasteiger partial charge in [-0.1, -0.05) is 25.1 Å². The fourth-order valence-corrected chi connectivity index (χ4v) is 2.35. The van der Waals surface area contributed by atoms with Crippen molar-refractivity contribution >= 4 is 0 Å². The largest absolute Gasteiger partial charge is 0.497 e. The highest BCUT2D eigenvalue weighted by atomic mass is 19.1. The molecule has 0 amide bonds. The van der Waals surface area contributed by atoms with E-state index in [9.17, 15) is 8.78 Å². The first-order valence-corrected chi connectivity index (χ1v) is 6.90. The SMILES string of the molecule is CCNC(c1cccc(OC)c1)c1c(F)ccc(C)c1F. The molecule has 0 saturated carbocycles. The fourth-order valence-electron chi connectivity index (χ4n) is 2.35. The molecule has 2 aromatic carbocycles. The smallest absolute Gasteiger partial charge is 0.134 e. The summed E-state index contributed by atoms with van der Waals surface area (Å²) >= 11 is 0. The predicted molar refractivity (Wildman–Crippen MR) is 79.6 cm³/mol. The van der Waals surface area contributed by atoms with Crippen LogP contribution in [0.1, 0.15) is 29.7 Å². The van der Waals surface area contributed by atoms with Crippen LogP contribution >= 0.6 is 0 Å². The lowest BCUT2D eigenvalue weighted by molar-refractivity contribution is 0.413. The second-order valence-electron chi connectivity index (χ2n) is 4.86. The van der Waals surface area contributed by atoms with Crippen molar-refractivity contribution in [1.29, 1.82) is 0 Å². The van der Waals surface area contributed by atoms with E-state index in [0.717, 1.165) is 5.56 Å². The first kappa shape index (κ1) is 15.4. The summed E-state index contributed by atoms with van der Waals surface area (Å²) in [6.07, 6.45) is 0. The number of aryl methyl sites for hydroxylation is 1. The van der Waals surface area contributed by atoms with Crippen LogP contribution in [0.15, 0.2) is 36.4 Å². The Morgan fingerprint density at radius 1 is 1.19 bits per heavy atom. The Morgan fingerprint density at radius 3 is 2.62 bits per heavy atom. The minimum Gasteiger partial charge on any atom is -0.497 e. The molecule has 2 rings (SSSR count). The molecule has 2 nitrogen and oxygen atoms in total. The van der Waals surface area contributed by atoms with Gasteiger partial charge in [-0.3, -0.25) is 0 Å². The van der Waals surface area contributed by atoms with Crippen molar-refractivity contribution in [3.05, 3.63) is 64.7 Å². The van der Waals surface area contributed by atoms with Crippen molar-refractivity contribution in [2.75, 3.05) is 13.7 Å². The molecular formula is C17H19F2NO. The van der Waals surface area contributed by atoms with Crippen LogP contribution in [0.25, 0.3) is 0 Å². The molecule has 4 heteroatoms. The van der Waals surface area contributed by atoms with E-state index in [1.807, 2.05) is 19.1 Å². The summed E-state index contributed by atoms with van der Waals surface area (Å²) in [6, 6.07) is 9.43. The third kappa shape index (κ3) is 3.22. The van der Waals surface area contributed by atoms with E-state index < -0.39 is 17.7 Å². The van der Waals surface area contributed by atoms with E-state index >= 15 is 0 Å². The van der Waals surface area contributed by atoms with E-state index in [0.29, 0.717) is 17.9 Å². The molecule has 0 saturated heterocycles. The van der Waals surface area contributed by atoms with Crippen LogP contribution in [-0.4, -0.2) is 13.7 Å². The van der Waals surface area contributed by atoms with Crippen LogP contribution in [0.2, 0.25) is 0 Å². The molecule has 1 unspecified atom stereocenters. The first-order chi connectivity index (χ1) is 10.1. The minimum absolute atomic E-state index is 0.0464. The number of halogens is 2. The maximum absolute atomic E-state index is 14.4. The Hall–Kier alpha value is -1.94. The molecule has 0 heterocycles. The van der Waals surface area contributed by atoms with Crippen LogP contribution in [0.5, 0.6) is 5.75 Å². The molecule has 2 aromatic rings. The van der Waals surface area contributed by atoms with Gasteiger partial charge >= 0.3 is 0 Å². The normalized spacial score (nSPS) is 12.2. The quantitative estimate of drug-likeness (QED) is 0.899. The minimum atomic E-state index is -0.551. The Bertz CT molecular complexity index is 628. The number of rotatable bonds is 5. The van der Waals surface area contributed by atoms with Crippen molar-refractivity contribution < 1.29 is 13.5 Å². The van der Waals surface area contributed by atoms with Gasteiger partial charge in [0.25, 0.3) is 0 Å². The second-order valence-corrected chi connectivity index (χ2v) is 4.86. The van der Waals surface area contributed by atoms with Gasteiger partial charge in [0.1, 0.15) is 17.4 Å². The lowest BCUT2D eigenvalue weighted by atomic mass is 9.95. The topological polar surface area (TPSA) is 21.3 Å². The molecule has 1 N–H and O–H groups in total. The van der Waals surface area contributed by atoms with Gasteiger partial charge in [-0.05, 0) is 42.8 Å². The Labute approximate surface area is 123 Å². The van der Waals surface area contributed by atoms with Gasteiger partial charge in [0.2, 0.25) is 0 Å². The molecule has 0 spiro atoms. The van der Waals surface area contributed by atoms with Gasteiger partial charge in [-0.2, -0.15) is 0 Å². The van der Waals surface area contributed by atoms with Crippen LogP contribution in [0.3, 0.4) is 0 Å². The Balaban J connectivity index is 2.55. The summed E-state index contributed by atoms with van der Waals surface area (Å²) in [5.74, 6) is -0.403. The Morgan fingerprint density at radius 2 is 1.95 bits per heavy atom. The number of hydrogen-bond donors (Lipinski definition) is 1. The highest BCUT2D eigenvalue weighted by molar-refractivity contribution is 5.39. The molecule has 0 aliphatic rings. The molecule has 0 aromatic heterocycles. The molecule has 21 heavy (non-hydrogen) atoms. The van der Waals surface area contributed by atoms with Crippen molar-refractivity contribution in [2.45, 2.75) is 19.9 Å². The summed E-state index contributed by atoms with van der Waals surface area (Å²) in [5, 5.41) is 3.14. The molecule has 0 aliphatic carbocycles. The molecule has 0 radical (unpaired) electrons. The van der Waals surface area contributed by atoms with Gasteiger partial charge in [0.15, 0.2) is 0 Å². The zero-order valence-corrected chi connectivity index (χ0v) is 12.4. The fraction of sp³-hybridized carbons (Fsp3) is 0.294. The lowest BCUT2D eigenvalue weighted by Gasteiger charge is -2.21. The zero-order valence-electron chi connectivity index (χ0n) is 12.4. The van der Waals surface area contributed by atoms with Gasteiger partial charge in [0, 0.05) is 5.56 Å². The standard InChI is InChI=1S/C17H19F2NO/c1-4-20-17(12-6-5-7-13(10-12)21-3)15-14(18)9-8-11(2)16(15)19/h5-10,17,20H,4H2,1-3H3. The summed E-state index contributed by atoms with van der Waals surface area (Å²) in [5.41, 5.74) is 1.24. The average Bonchev–Trinajstić information content (AvgIpc) is 2.50. The second kappa shape index (κ2) is 6.68. The third-order valence-electron chi connectivity index (χ3n) is 3.44. The summed E-state index contributed by atoms with van der Waals surface area (Å²) in [4.78, 5) is 0. The van der Waals surface area contributed by atoms with Gasteiger partial charge in [-0.25, -0.2) is 8.78 Å². The molecule has 112 valence electrons. The number of nitrogens with one attached hydrogen (secondary N) is 1. The summed E-state index contributed by atoms with van der Waals surface area (Å²) < 4.78 is 33.7. The summed E-state index contributed by atoms with van der Waals surface area (Å²) in [6.45, 7) is 4.13. The van der Waals surface area contributed by atoms with E-state index in [2.05, 4.69) is 5.32 Å². The van der Waals surface area contributed by atoms with Crippen molar-refractivity contribution in [3.63, 3.8) is 0 Å². The predicted octanol–water partition coefficient (Wildman–Crippen LogP) is 3.98. The van der Waals surface area contributed by atoms with Crippen molar-refractivity contribution in [1.82, 2.24) is 5.32 Å². The van der Waals surface area contributed by atoms with Crippen molar-refractivity contribution in [2.24, 2.45) is 0 Å². The van der Waals surface area contributed by atoms with Crippen LogP contribution in [0, 0.1) is 18.6 Å². The maximum Gasteiger partial charge on any atom is 0.134 e. The molecule has 1 atom stereocenters. The number of methoxy groups -OCH3 is 1. The van der Waals surface area contributed by atoms with E-state index in [-0.39, 0.29) is 5.56 Å². The van der Waals surface area contributed by atoms with Crippen LogP contribution < -0.4 is 10.1 Å². The highest BCUT2D eigenvalue weighted by Gasteiger charge is 2.22. The first-order valence-electron chi connectivity index (χ1n) is 6.90. The number of ether oxygens (including phenoxy) is 1. The van der Waals surface area contributed by atoms with Gasteiger partial charge < -0.3 is 10.1 Å². The monoisotopic (exact) mass is 291 g/mol. The van der Waals surface area contributed by atoms with Gasteiger partial charge in [0.05, 0.1) is 13.2 Å². The Kier molecular flexibility index (Phi) is 4.91. The van der Waals surface area contributed by atoms with E-state index in [1.54, 1.807) is 26.2 Å². The molecular weight excluding hydrogens is 272 g/mol. The third-order valence-corrected chi connectivity index (χ3v) is 3.44. The lowest BCUT2D eigenvalue weighted by Crippen LogP contribution is -2.24. The number of hydrogen-bond acceptors (Lipinski definition) is 2. The summed E-state index contributed by atoms with van der Waals surface area (Å²) in [7, 11) is 1.56. The number of benzene rings is 2. The molecule has 0 bridgehead atoms. The van der Waals surface area contributed by atoms with E-state index in [1.165, 1.54) is 12.1 Å². The highest BCUT2D eigenvalue weighted by Crippen LogP contribution is 2.30.